The number of methoxy groups -OCH3 is 1. The van der Waals surface area contributed by atoms with Crippen molar-refractivity contribution in [1.82, 2.24) is 5.32 Å². The third-order valence-corrected chi connectivity index (χ3v) is 4.84. The first kappa shape index (κ1) is 19.0. The summed E-state index contributed by atoms with van der Waals surface area (Å²) < 4.78 is 11.4. The van der Waals surface area contributed by atoms with Gasteiger partial charge in [-0.1, -0.05) is 23.9 Å². The summed E-state index contributed by atoms with van der Waals surface area (Å²) in [5.74, 6) is 1.94. The van der Waals surface area contributed by atoms with E-state index in [0.29, 0.717) is 17.5 Å². The second-order valence-electron chi connectivity index (χ2n) is 6.12. The highest BCUT2D eigenvalue weighted by atomic mass is 32.2. The van der Waals surface area contributed by atoms with Crippen LogP contribution in [0.15, 0.2) is 46.6 Å². The number of carbonyl (C=O) groups is 1. The maximum atomic E-state index is 11.1. The van der Waals surface area contributed by atoms with Crippen LogP contribution in [-0.2, 0) is 11.4 Å². The second-order valence-corrected chi connectivity index (χ2v) is 7.08. The molecule has 1 N–H and O–H groups in total. The summed E-state index contributed by atoms with van der Waals surface area (Å²) in [6.45, 7) is 4.44. The van der Waals surface area contributed by atoms with E-state index in [1.807, 2.05) is 44.2 Å². The van der Waals surface area contributed by atoms with E-state index in [1.165, 1.54) is 11.8 Å². The summed E-state index contributed by atoms with van der Waals surface area (Å²) >= 11 is 1.34. The van der Waals surface area contributed by atoms with Crippen molar-refractivity contribution in [3.8, 4) is 11.5 Å². The highest BCUT2D eigenvalue weighted by Gasteiger charge is 2.16. The molecule has 7 heteroatoms. The Morgan fingerprint density at radius 1 is 1.19 bits per heavy atom. The number of benzene rings is 2. The molecule has 27 heavy (non-hydrogen) atoms. The fourth-order valence-electron chi connectivity index (χ4n) is 2.54. The van der Waals surface area contributed by atoms with Crippen molar-refractivity contribution in [2.75, 3.05) is 12.9 Å². The minimum Gasteiger partial charge on any atom is -0.496 e. The summed E-state index contributed by atoms with van der Waals surface area (Å²) in [6, 6.07) is 11.9. The average Bonchev–Trinajstić information content (AvgIpc) is 3.08. The molecule has 0 aromatic heterocycles. The molecular weight excluding hydrogens is 362 g/mol. The SMILES string of the molecule is COc1ccc(C=NN=C2NC(=O)CS2)cc1COc1cc(C)ccc1C. The minimum atomic E-state index is -0.0516. The molecular formula is C20H21N3O3S. The fourth-order valence-corrected chi connectivity index (χ4v) is 3.17. The Labute approximate surface area is 162 Å². The van der Waals surface area contributed by atoms with Crippen molar-refractivity contribution in [3.05, 3.63) is 58.7 Å². The lowest BCUT2D eigenvalue weighted by molar-refractivity contribution is -0.116. The van der Waals surface area contributed by atoms with E-state index in [9.17, 15) is 4.79 Å². The third-order valence-electron chi connectivity index (χ3n) is 3.97. The Morgan fingerprint density at radius 3 is 2.78 bits per heavy atom. The van der Waals surface area contributed by atoms with Crippen molar-refractivity contribution in [2.45, 2.75) is 20.5 Å². The Bertz CT molecular complexity index is 909. The van der Waals surface area contributed by atoms with E-state index in [4.69, 9.17) is 9.47 Å². The van der Waals surface area contributed by atoms with Gasteiger partial charge in [0, 0.05) is 5.56 Å². The third kappa shape index (κ3) is 5.10. The van der Waals surface area contributed by atoms with Crippen LogP contribution in [-0.4, -0.2) is 30.2 Å². The van der Waals surface area contributed by atoms with Crippen molar-refractivity contribution in [3.63, 3.8) is 0 Å². The van der Waals surface area contributed by atoms with Crippen LogP contribution in [0.1, 0.15) is 22.3 Å². The molecule has 0 bridgehead atoms. The molecule has 0 radical (unpaired) electrons. The molecule has 1 amide bonds. The standard InChI is InChI=1S/C20H21N3O3S/c1-13-4-5-14(2)18(8-13)26-11-16-9-15(6-7-17(16)25-3)10-21-23-20-22-19(24)12-27-20/h4-10H,11-12H2,1-3H3,(H,22,23,24). The molecule has 2 aromatic rings. The van der Waals surface area contributed by atoms with E-state index in [1.54, 1.807) is 13.3 Å². The van der Waals surface area contributed by atoms with Gasteiger partial charge in [0.2, 0.25) is 5.91 Å². The predicted molar refractivity (Wildman–Crippen MR) is 109 cm³/mol. The van der Waals surface area contributed by atoms with Gasteiger partial charge in [-0.25, -0.2) is 0 Å². The number of amides is 1. The lowest BCUT2D eigenvalue weighted by Crippen LogP contribution is -2.19. The molecule has 3 rings (SSSR count). The molecule has 0 unspecified atom stereocenters. The first-order valence-electron chi connectivity index (χ1n) is 8.46. The van der Waals surface area contributed by atoms with E-state index in [0.717, 1.165) is 33.8 Å². The van der Waals surface area contributed by atoms with E-state index < -0.39 is 0 Å². The van der Waals surface area contributed by atoms with E-state index >= 15 is 0 Å². The first-order valence-corrected chi connectivity index (χ1v) is 9.44. The average molecular weight is 383 g/mol. The molecule has 0 atom stereocenters. The zero-order valence-electron chi connectivity index (χ0n) is 15.5. The fraction of sp³-hybridized carbons (Fsp3) is 0.250. The Kier molecular flexibility index (Phi) is 6.13. The number of nitrogens with zero attached hydrogens (tertiary/aromatic N) is 2. The summed E-state index contributed by atoms with van der Waals surface area (Å²) in [4.78, 5) is 11.1. The van der Waals surface area contributed by atoms with Gasteiger partial charge in [0.05, 0.1) is 19.1 Å². The smallest absolute Gasteiger partial charge is 0.236 e. The summed E-state index contributed by atoms with van der Waals surface area (Å²) in [6.07, 6.45) is 1.64. The zero-order valence-corrected chi connectivity index (χ0v) is 16.3. The molecule has 1 fully saturated rings. The lowest BCUT2D eigenvalue weighted by atomic mass is 10.1. The topological polar surface area (TPSA) is 72.3 Å². The Balaban J connectivity index is 1.73. The Hall–Kier alpha value is -2.80. The van der Waals surface area contributed by atoms with Gasteiger partial charge in [-0.2, -0.15) is 5.10 Å². The van der Waals surface area contributed by atoms with Gasteiger partial charge in [-0.15, -0.1) is 5.10 Å². The van der Waals surface area contributed by atoms with Crippen LogP contribution >= 0.6 is 11.8 Å². The van der Waals surface area contributed by atoms with E-state index in [2.05, 4.69) is 21.6 Å². The largest absolute Gasteiger partial charge is 0.496 e. The number of aryl methyl sites for hydroxylation is 2. The monoisotopic (exact) mass is 383 g/mol. The number of hydrogen-bond donors (Lipinski definition) is 1. The van der Waals surface area contributed by atoms with Crippen LogP contribution in [0.25, 0.3) is 0 Å². The van der Waals surface area contributed by atoms with Gasteiger partial charge in [0.15, 0.2) is 5.17 Å². The van der Waals surface area contributed by atoms with Crippen molar-refractivity contribution in [1.29, 1.82) is 0 Å². The van der Waals surface area contributed by atoms with Crippen molar-refractivity contribution < 1.29 is 14.3 Å². The number of amidine groups is 1. The van der Waals surface area contributed by atoms with Crippen LogP contribution in [0.5, 0.6) is 11.5 Å². The molecule has 1 heterocycles. The quantitative estimate of drug-likeness (QED) is 0.613. The van der Waals surface area contributed by atoms with Crippen molar-refractivity contribution >= 4 is 29.1 Å². The molecule has 0 saturated carbocycles. The summed E-state index contributed by atoms with van der Waals surface area (Å²) in [7, 11) is 1.64. The van der Waals surface area contributed by atoms with Crippen LogP contribution in [0, 0.1) is 13.8 Å². The van der Waals surface area contributed by atoms with Gasteiger partial charge >= 0.3 is 0 Å². The highest BCUT2D eigenvalue weighted by molar-refractivity contribution is 8.15. The van der Waals surface area contributed by atoms with Gasteiger partial charge in [-0.05, 0) is 54.8 Å². The van der Waals surface area contributed by atoms with Gasteiger partial charge in [0.1, 0.15) is 18.1 Å². The number of thioether (sulfide) groups is 1. The van der Waals surface area contributed by atoms with Crippen LogP contribution in [0.2, 0.25) is 0 Å². The summed E-state index contributed by atoms with van der Waals surface area (Å²) in [5, 5.41) is 11.2. The number of nitrogens with one attached hydrogen (secondary N) is 1. The molecule has 0 spiro atoms. The van der Waals surface area contributed by atoms with Gasteiger partial charge in [0.25, 0.3) is 0 Å². The predicted octanol–water partition coefficient (Wildman–Crippen LogP) is 3.44. The van der Waals surface area contributed by atoms with E-state index in [-0.39, 0.29) is 5.91 Å². The number of carbonyl (C=O) groups excluding carboxylic acids is 1. The van der Waals surface area contributed by atoms with Crippen molar-refractivity contribution in [2.24, 2.45) is 10.2 Å². The normalized spacial score (nSPS) is 15.4. The lowest BCUT2D eigenvalue weighted by Gasteiger charge is -2.13. The van der Waals surface area contributed by atoms with Gasteiger partial charge in [-0.3, -0.25) is 4.79 Å². The molecule has 2 aromatic carbocycles. The molecule has 1 aliphatic rings. The zero-order chi connectivity index (χ0) is 19.2. The minimum absolute atomic E-state index is 0.0516. The molecule has 140 valence electrons. The first-order chi connectivity index (χ1) is 13.0. The molecule has 0 aliphatic carbocycles. The maximum absolute atomic E-state index is 11.1. The van der Waals surface area contributed by atoms with Crippen LogP contribution in [0.3, 0.4) is 0 Å². The number of ether oxygens (including phenoxy) is 2. The van der Waals surface area contributed by atoms with Crippen LogP contribution in [0.4, 0.5) is 0 Å². The number of hydrogen-bond acceptors (Lipinski definition) is 6. The molecule has 1 aliphatic heterocycles. The highest BCUT2D eigenvalue weighted by Crippen LogP contribution is 2.24. The van der Waals surface area contributed by atoms with Crippen LogP contribution < -0.4 is 14.8 Å². The maximum Gasteiger partial charge on any atom is 0.236 e. The Morgan fingerprint density at radius 2 is 2.04 bits per heavy atom. The number of rotatable bonds is 6. The second kappa shape index (κ2) is 8.73. The summed E-state index contributed by atoms with van der Waals surface area (Å²) in [5.41, 5.74) is 4.02. The molecule has 1 saturated heterocycles. The van der Waals surface area contributed by atoms with Gasteiger partial charge < -0.3 is 14.8 Å². The molecule has 6 nitrogen and oxygen atoms in total.